The number of rotatable bonds is 7. The molecule has 0 heterocycles. The van der Waals surface area contributed by atoms with Gasteiger partial charge >= 0.3 is 0 Å². The molecule has 160 valence electrons. The van der Waals surface area contributed by atoms with E-state index in [0.29, 0.717) is 10.7 Å². The summed E-state index contributed by atoms with van der Waals surface area (Å²) < 4.78 is 28.6. The molecule has 1 amide bonds. The van der Waals surface area contributed by atoms with Crippen LogP contribution in [0.15, 0.2) is 88.9 Å². The Morgan fingerprint density at radius 2 is 1.71 bits per heavy atom. The number of sulfonamides is 1. The molecule has 0 spiro atoms. The predicted molar refractivity (Wildman–Crippen MR) is 132 cm³/mol. The van der Waals surface area contributed by atoms with Crippen LogP contribution in [-0.2, 0) is 14.8 Å². The lowest BCUT2D eigenvalue weighted by atomic mass is 10.1. The van der Waals surface area contributed by atoms with Crippen LogP contribution in [0.4, 0.5) is 5.69 Å². The third kappa shape index (κ3) is 6.05. The topological polar surface area (TPSA) is 78.8 Å². The fraction of sp³-hybridized carbons (Fsp3) is 0.0909. The lowest BCUT2D eigenvalue weighted by Gasteiger charge is -2.23. The molecule has 3 rings (SSSR count). The largest absolute Gasteiger partial charge is 0.271 e. The van der Waals surface area contributed by atoms with Gasteiger partial charge in [-0.05, 0) is 77.5 Å². The Kier molecular flexibility index (Phi) is 7.69. The lowest BCUT2D eigenvalue weighted by molar-refractivity contribution is -0.119. The first-order valence-electron chi connectivity index (χ1n) is 9.20. The van der Waals surface area contributed by atoms with E-state index in [9.17, 15) is 13.2 Å². The fourth-order valence-corrected chi connectivity index (χ4v) is 4.71. The summed E-state index contributed by atoms with van der Waals surface area (Å²) >= 11 is 8.26. The van der Waals surface area contributed by atoms with Gasteiger partial charge in [0.2, 0.25) is 0 Å². The maximum absolute atomic E-state index is 13.2. The van der Waals surface area contributed by atoms with Crippen molar-refractivity contribution in [2.24, 2.45) is 5.10 Å². The van der Waals surface area contributed by atoms with Crippen molar-refractivity contribution in [3.63, 3.8) is 0 Å². The van der Waals surface area contributed by atoms with Crippen LogP contribution < -0.4 is 9.73 Å². The smallest absolute Gasteiger partial charge is 0.264 e. The van der Waals surface area contributed by atoms with E-state index in [4.69, 9.17) is 11.6 Å². The number of anilines is 1. The third-order valence-electron chi connectivity index (χ3n) is 4.32. The predicted octanol–water partition coefficient (Wildman–Crippen LogP) is 4.68. The van der Waals surface area contributed by atoms with Gasteiger partial charge < -0.3 is 0 Å². The van der Waals surface area contributed by atoms with Crippen molar-refractivity contribution in [1.29, 1.82) is 0 Å². The second kappa shape index (κ2) is 10.3. The van der Waals surface area contributed by atoms with Crippen molar-refractivity contribution in [1.82, 2.24) is 5.43 Å². The molecule has 0 aliphatic heterocycles. The minimum Gasteiger partial charge on any atom is -0.271 e. The van der Waals surface area contributed by atoms with Crippen molar-refractivity contribution in [3.05, 3.63) is 93.0 Å². The molecule has 3 aromatic carbocycles. The van der Waals surface area contributed by atoms with Crippen molar-refractivity contribution in [2.45, 2.75) is 11.8 Å². The monoisotopic (exact) mass is 567 g/mol. The highest BCUT2D eigenvalue weighted by Gasteiger charge is 2.27. The molecule has 0 aliphatic rings. The van der Waals surface area contributed by atoms with Crippen molar-refractivity contribution >= 4 is 61.5 Å². The summed E-state index contributed by atoms with van der Waals surface area (Å²) in [6.45, 7) is 1.30. The number of hydrogen-bond donors (Lipinski definition) is 1. The summed E-state index contributed by atoms with van der Waals surface area (Å²) in [5, 5.41) is 4.47. The SMILES string of the molecule is C/C(=N\NC(=O)CN(c1cccc(Cl)c1)S(=O)(=O)c1ccccc1)c1ccc(I)cc1. The van der Waals surface area contributed by atoms with Gasteiger partial charge in [-0.1, -0.05) is 48.0 Å². The van der Waals surface area contributed by atoms with Crippen LogP contribution in [-0.4, -0.2) is 26.6 Å². The number of hydrogen-bond acceptors (Lipinski definition) is 4. The summed E-state index contributed by atoms with van der Waals surface area (Å²) in [4.78, 5) is 12.7. The third-order valence-corrected chi connectivity index (χ3v) is 7.07. The van der Waals surface area contributed by atoms with Gasteiger partial charge in [0.05, 0.1) is 16.3 Å². The number of halogens is 2. The zero-order chi connectivity index (χ0) is 22.4. The van der Waals surface area contributed by atoms with Crippen molar-refractivity contribution < 1.29 is 13.2 Å². The Bertz CT molecular complexity index is 1200. The van der Waals surface area contributed by atoms with Crippen LogP contribution in [0.3, 0.4) is 0 Å². The van der Waals surface area contributed by atoms with Gasteiger partial charge in [-0.15, -0.1) is 0 Å². The van der Waals surface area contributed by atoms with E-state index in [0.717, 1.165) is 13.4 Å². The van der Waals surface area contributed by atoms with Gasteiger partial charge in [0.25, 0.3) is 15.9 Å². The Morgan fingerprint density at radius 1 is 1.03 bits per heavy atom. The highest BCUT2D eigenvalue weighted by Crippen LogP contribution is 2.25. The molecule has 1 N–H and O–H groups in total. The number of nitrogens with one attached hydrogen (secondary N) is 1. The van der Waals surface area contributed by atoms with Crippen LogP contribution in [0, 0.1) is 3.57 Å². The first-order valence-corrected chi connectivity index (χ1v) is 12.1. The van der Waals surface area contributed by atoms with Gasteiger partial charge in [-0.2, -0.15) is 5.10 Å². The molecule has 0 aliphatic carbocycles. The van der Waals surface area contributed by atoms with Gasteiger partial charge in [0, 0.05) is 8.59 Å². The Labute approximate surface area is 200 Å². The Morgan fingerprint density at radius 3 is 2.35 bits per heavy atom. The van der Waals surface area contributed by atoms with E-state index in [1.165, 1.54) is 18.2 Å². The molecule has 31 heavy (non-hydrogen) atoms. The molecule has 0 saturated carbocycles. The van der Waals surface area contributed by atoms with E-state index in [2.05, 4.69) is 33.1 Å². The summed E-state index contributed by atoms with van der Waals surface area (Å²) in [5.74, 6) is -0.579. The molecular formula is C22H19ClIN3O3S. The molecule has 6 nitrogen and oxygen atoms in total. The van der Waals surface area contributed by atoms with Crippen molar-refractivity contribution in [2.75, 3.05) is 10.8 Å². The molecular weight excluding hydrogens is 549 g/mol. The average Bonchev–Trinajstić information content (AvgIpc) is 2.76. The molecule has 9 heteroatoms. The number of carbonyl (C=O) groups excluding carboxylic acids is 1. The second-order valence-corrected chi connectivity index (χ2v) is 10.1. The summed E-state index contributed by atoms with van der Waals surface area (Å²) in [6.07, 6.45) is 0. The molecule has 0 radical (unpaired) electrons. The summed E-state index contributed by atoms with van der Waals surface area (Å²) in [6, 6.07) is 21.9. The van der Waals surface area contributed by atoms with E-state index in [1.807, 2.05) is 24.3 Å². The maximum atomic E-state index is 13.2. The summed E-state index contributed by atoms with van der Waals surface area (Å²) in [7, 11) is -4.00. The average molecular weight is 568 g/mol. The van der Waals surface area contributed by atoms with E-state index in [1.54, 1.807) is 43.3 Å². The first-order chi connectivity index (χ1) is 14.8. The number of benzene rings is 3. The van der Waals surface area contributed by atoms with Gasteiger partial charge in [-0.25, -0.2) is 13.8 Å². The van der Waals surface area contributed by atoms with E-state index in [-0.39, 0.29) is 10.6 Å². The molecule has 3 aromatic rings. The fourth-order valence-electron chi connectivity index (χ4n) is 2.73. The lowest BCUT2D eigenvalue weighted by Crippen LogP contribution is -2.39. The summed E-state index contributed by atoms with van der Waals surface area (Å²) in [5.41, 5.74) is 4.18. The Hall–Kier alpha value is -2.43. The van der Waals surface area contributed by atoms with Crippen molar-refractivity contribution in [3.8, 4) is 0 Å². The van der Waals surface area contributed by atoms with Crippen LogP contribution in [0.1, 0.15) is 12.5 Å². The highest BCUT2D eigenvalue weighted by molar-refractivity contribution is 14.1. The van der Waals surface area contributed by atoms with E-state index >= 15 is 0 Å². The van der Waals surface area contributed by atoms with Gasteiger partial charge in [-0.3, -0.25) is 9.10 Å². The van der Waals surface area contributed by atoms with E-state index < -0.39 is 22.5 Å². The molecule has 0 unspecified atom stereocenters. The number of nitrogens with zero attached hydrogens (tertiary/aromatic N) is 2. The highest BCUT2D eigenvalue weighted by atomic mass is 127. The molecule has 0 saturated heterocycles. The minimum absolute atomic E-state index is 0.0707. The molecule has 0 atom stereocenters. The number of carbonyl (C=O) groups is 1. The second-order valence-electron chi connectivity index (χ2n) is 6.54. The van der Waals surface area contributed by atoms with Gasteiger partial charge in [0.15, 0.2) is 0 Å². The standard InChI is InChI=1S/C22H19ClIN3O3S/c1-16(17-10-12-19(24)13-11-17)25-26-22(28)15-27(20-7-5-6-18(23)14-20)31(29,30)21-8-3-2-4-9-21/h2-14H,15H2,1H3,(H,26,28)/b25-16+. The minimum atomic E-state index is -4.00. The number of hydrazone groups is 1. The normalized spacial score (nSPS) is 11.8. The Balaban J connectivity index is 1.86. The zero-order valence-corrected chi connectivity index (χ0v) is 20.2. The first kappa shape index (κ1) is 23.2. The quantitative estimate of drug-likeness (QED) is 0.256. The van der Waals surface area contributed by atoms with Crippen LogP contribution in [0.5, 0.6) is 0 Å². The van der Waals surface area contributed by atoms with Crippen LogP contribution in [0.2, 0.25) is 5.02 Å². The maximum Gasteiger partial charge on any atom is 0.264 e. The molecule has 0 fully saturated rings. The van der Waals surface area contributed by atoms with Gasteiger partial charge in [0.1, 0.15) is 6.54 Å². The number of amides is 1. The molecule has 0 bridgehead atoms. The molecule has 0 aromatic heterocycles. The zero-order valence-electron chi connectivity index (χ0n) is 16.5. The van der Waals surface area contributed by atoms with Crippen LogP contribution >= 0.6 is 34.2 Å². The van der Waals surface area contributed by atoms with Crippen LogP contribution in [0.25, 0.3) is 0 Å².